The second-order valence-electron chi connectivity index (χ2n) is 8.43. The Hall–Kier alpha value is -5.38. The highest BCUT2D eigenvalue weighted by Gasteiger charge is 2.19. The van der Waals surface area contributed by atoms with Crippen LogP contribution in [0.3, 0.4) is 0 Å². The number of rotatable bonds is 4. The SMILES string of the molecule is Cc1c(C(=O)Nc2ccc3ncn(-c4cccc(O)c4)c(=O)c3c2)nnn1-c1cccc2cnccc12. The Kier molecular flexibility index (Phi) is 5.19. The zero-order valence-electron chi connectivity index (χ0n) is 19.5. The maximum absolute atomic E-state index is 13.2. The number of phenolic OH excluding ortho intramolecular Hbond substituents is 1. The number of anilines is 1. The van der Waals surface area contributed by atoms with E-state index in [0.717, 1.165) is 16.5 Å². The predicted octanol–water partition coefficient (Wildman–Crippen LogP) is 3.78. The van der Waals surface area contributed by atoms with E-state index in [0.29, 0.717) is 28.0 Å². The highest BCUT2D eigenvalue weighted by Crippen LogP contribution is 2.23. The first-order valence-corrected chi connectivity index (χ1v) is 11.4. The largest absolute Gasteiger partial charge is 0.508 e. The molecule has 0 atom stereocenters. The van der Waals surface area contributed by atoms with Crippen molar-refractivity contribution in [1.82, 2.24) is 29.5 Å². The first-order valence-electron chi connectivity index (χ1n) is 11.4. The minimum absolute atomic E-state index is 0.0362. The van der Waals surface area contributed by atoms with Crippen molar-refractivity contribution in [2.45, 2.75) is 6.92 Å². The van der Waals surface area contributed by atoms with Crippen LogP contribution < -0.4 is 10.9 Å². The number of benzene rings is 3. The van der Waals surface area contributed by atoms with Crippen LogP contribution in [0, 0.1) is 6.92 Å². The molecule has 10 nitrogen and oxygen atoms in total. The molecule has 10 heteroatoms. The van der Waals surface area contributed by atoms with Crippen LogP contribution in [0.25, 0.3) is 33.1 Å². The molecule has 2 N–H and O–H groups in total. The van der Waals surface area contributed by atoms with Crippen molar-refractivity contribution < 1.29 is 9.90 Å². The number of nitrogens with one attached hydrogen (secondary N) is 1. The lowest BCUT2D eigenvalue weighted by Crippen LogP contribution is -2.19. The molecule has 0 saturated carbocycles. The molecule has 0 aliphatic carbocycles. The Morgan fingerprint density at radius 1 is 1.00 bits per heavy atom. The molecule has 0 unspecified atom stereocenters. The monoisotopic (exact) mass is 489 g/mol. The molecule has 0 aliphatic heterocycles. The molecule has 6 rings (SSSR count). The summed E-state index contributed by atoms with van der Waals surface area (Å²) in [5.74, 6) is -0.420. The fraction of sp³-hybridized carbons (Fsp3) is 0.0370. The Labute approximate surface area is 209 Å². The van der Waals surface area contributed by atoms with E-state index in [9.17, 15) is 14.7 Å². The van der Waals surface area contributed by atoms with Gasteiger partial charge in [-0.05, 0) is 49.4 Å². The number of hydrogen-bond acceptors (Lipinski definition) is 7. The zero-order chi connectivity index (χ0) is 25.5. The summed E-state index contributed by atoms with van der Waals surface area (Å²) in [6, 6.07) is 18.9. The minimum Gasteiger partial charge on any atom is -0.508 e. The lowest BCUT2D eigenvalue weighted by Gasteiger charge is -2.09. The van der Waals surface area contributed by atoms with Gasteiger partial charge in [0.25, 0.3) is 11.5 Å². The summed E-state index contributed by atoms with van der Waals surface area (Å²) >= 11 is 0. The fourth-order valence-electron chi connectivity index (χ4n) is 4.27. The summed E-state index contributed by atoms with van der Waals surface area (Å²) < 4.78 is 2.96. The molecule has 0 aliphatic rings. The third kappa shape index (κ3) is 3.86. The molecular weight excluding hydrogens is 470 g/mol. The van der Waals surface area contributed by atoms with Crippen molar-refractivity contribution in [3.8, 4) is 17.1 Å². The average Bonchev–Trinajstić information content (AvgIpc) is 3.30. The van der Waals surface area contributed by atoms with Crippen LogP contribution in [0.4, 0.5) is 5.69 Å². The van der Waals surface area contributed by atoms with Crippen molar-refractivity contribution >= 4 is 33.3 Å². The van der Waals surface area contributed by atoms with Gasteiger partial charge in [0.2, 0.25) is 0 Å². The van der Waals surface area contributed by atoms with E-state index in [1.54, 1.807) is 54.3 Å². The Balaban J connectivity index is 1.34. The quantitative estimate of drug-likeness (QED) is 0.386. The summed E-state index contributed by atoms with van der Waals surface area (Å²) in [5, 5.41) is 23.1. The summed E-state index contributed by atoms with van der Waals surface area (Å²) in [5.41, 5.74) is 2.55. The van der Waals surface area contributed by atoms with E-state index in [4.69, 9.17) is 0 Å². The molecular formula is C27H19N7O3. The molecule has 0 spiro atoms. The smallest absolute Gasteiger partial charge is 0.278 e. The van der Waals surface area contributed by atoms with Gasteiger partial charge in [-0.25, -0.2) is 9.67 Å². The maximum Gasteiger partial charge on any atom is 0.278 e. The summed E-state index contributed by atoms with van der Waals surface area (Å²) in [4.78, 5) is 34.8. The molecule has 3 aromatic heterocycles. The van der Waals surface area contributed by atoms with Gasteiger partial charge in [-0.2, -0.15) is 0 Å². The second-order valence-corrected chi connectivity index (χ2v) is 8.43. The highest BCUT2D eigenvalue weighted by atomic mass is 16.3. The van der Waals surface area contributed by atoms with E-state index in [1.807, 2.05) is 24.3 Å². The van der Waals surface area contributed by atoms with Gasteiger partial charge in [0.1, 0.15) is 12.1 Å². The van der Waals surface area contributed by atoms with Crippen molar-refractivity contribution in [3.05, 3.63) is 107 Å². The lowest BCUT2D eigenvalue weighted by atomic mass is 10.1. The van der Waals surface area contributed by atoms with Gasteiger partial charge in [-0.3, -0.25) is 19.1 Å². The maximum atomic E-state index is 13.2. The standard InChI is InChI=1S/C27H19N7O3/c1-16-25(31-32-34(16)24-7-2-4-17-14-28-11-10-21(17)24)26(36)30-18-8-9-23-22(12-18)27(37)33(15-29-23)19-5-3-6-20(35)13-19/h2-15,35H,1H3,(H,30,36). The van der Waals surface area contributed by atoms with Crippen LogP contribution in [-0.4, -0.2) is 40.5 Å². The van der Waals surface area contributed by atoms with E-state index in [2.05, 4.69) is 25.6 Å². The van der Waals surface area contributed by atoms with Gasteiger partial charge in [0, 0.05) is 34.9 Å². The highest BCUT2D eigenvalue weighted by molar-refractivity contribution is 6.04. The number of hydrogen-bond donors (Lipinski definition) is 2. The van der Waals surface area contributed by atoms with Gasteiger partial charge in [0.15, 0.2) is 5.69 Å². The topological polar surface area (TPSA) is 128 Å². The van der Waals surface area contributed by atoms with E-state index in [-0.39, 0.29) is 17.0 Å². The zero-order valence-corrected chi connectivity index (χ0v) is 19.5. The molecule has 0 bridgehead atoms. The molecule has 3 aromatic carbocycles. The van der Waals surface area contributed by atoms with Crippen LogP contribution in [0.1, 0.15) is 16.2 Å². The molecule has 37 heavy (non-hydrogen) atoms. The summed E-state index contributed by atoms with van der Waals surface area (Å²) in [7, 11) is 0. The van der Waals surface area contributed by atoms with Gasteiger partial charge in [0.05, 0.1) is 28.0 Å². The van der Waals surface area contributed by atoms with Crippen molar-refractivity contribution in [3.63, 3.8) is 0 Å². The number of carbonyl (C=O) groups is 1. The first-order chi connectivity index (χ1) is 18.0. The predicted molar refractivity (Wildman–Crippen MR) is 138 cm³/mol. The van der Waals surface area contributed by atoms with E-state index >= 15 is 0 Å². The molecule has 1 amide bonds. The molecule has 180 valence electrons. The first kappa shape index (κ1) is 22.1. The van der Waals surface area contributed by atoms with Crippen LogP contribution in [-0.2, 0) is 0 Å². The van der Waals surface area contributed by atoms with Crippen molar-refractivity contribution in [1.29, 1.82) is 0 Å². The van der Waals surface area contributed by atoms with Crippen LogP contribution in [0.2, 0.25) is 0 Å². The number of aromatic hydroxyl groups is 1. The normalized spacial score (nSPS) is 11.2. The number of pyridine rings is 1. The number of phenols is 1. The minimum atomic E-state index is -0.456. The van der Waals surface area contributed by atoms with Crippen molar-refractivity contribution in [2.24, 2.45) is 0 Å². The second kappa shape index (κ2) is 8.68. The third-order valence-corrected chi connectivity index (χ3v) is 6.12. The Bertz CT molecular complexity index is 1890. The number of aromatic nitrogens is 6. The molecule has 0 fully saturated rings. The fourth-order valence-corrected chi connectivity index (χ4v) is 4.27. The lowest BCUT2D eigenvalue weighted by molar-refractivity contribution is 0.102. The number of fused-ring (bicyclic) bond motifs is 2. The van der Waals surface area contributed by atoms with Gasteiger partial charge in [-0.1, -0.05) is 23.4 Å². The molecule has 6 aromatic rings. The average molecular weight is 489 g/mol. The van der Waals surface area contributed by atoms with E-state index < -0.39 is 5.91 Å². The summed E-state index contributed by atoms with van der Waals surface area (Å²) in [6.07, 6.45) is 4.87. The third-order valence-electron chi connectivity index (χ3n) is 6.12. The molecule has 0 saturated heterocycles. The van der Waals surface area contributed by atoms with Crippen molar-refractivity contribution in [2.75, 3.05) is 5.32 Å². The van der Waals surface area contributed by atoms with Gasteiger partial charge >= 0.3 is 0 Å². The Morgan fingerprint density at radius 3 is 2.73 bits per heavy atom. The van der Waals surface area contributed by atoms with Gasteiger partial charge < -0.3 is 10.4 Å². The van der Waals surface area contributed by atoms with Crippen LogP contribution >= 0.6 is 0 Å². The summed E-state index contributed by atoms with van der Waals surface area (Å²) in [6.45, 7) is 1.77. The number of nitrogens with zero attached hydrogens (tertiary/aromatic N) is 6. The van der Waals surface area contributed by atoms with Crippen LogP contribution in [0.5, 0.6) is 5.75 Å². The molecule has 0 radical (unpaired) electrons. The van der Waals surface area contributed by atoms with Crippen LogP contribution in [0.15, 0.2) is 90.2 Å². The Morgan fingerprint density at radius 2 is 1.86 bits per heavy atom. The molecule has 3 heterocycles. The van der Waals surface area contributed by atoms with Gasteiger partial charge in [-0.15, -0.1) is 5.10 Å². The number of carbonyl (C=O) groups excluding carboxylic acids is 1. The van der Waals surface area contributed by atoms with E-state index in [1.165, 1.54) is 23.0 Å². The number of amides is 1.